The first-order valence-corrected chi connectivity index (χ1v) is 6.78. The maximum atomic E-state index is 8.20. The van der Waals surface area contributed by atoms with Crippen LogP contribution in [0.3, 0.4) is 0 Å². The molecule has 0 aliphatic carbocycles. The highest BCUT2D eigenvalue weighted by atomic mass is 16.5. The zero-order valence-electron chi connectivity index (χ0n) is 10.7. The molecular weight excluding hydrogens is 202 g/mol. The van der Waals surface area contributed by atoms with Gasteiger partial charge in [-0.3, -0.25) is 0 Å². The van der Waals surface area contributed by atoms with Crippen molar-refractivity contribution in [2.45, 2.75) is 71.1 Å². The molecule has 0 bridgehead atoms. The van der Waals surface area contributed by atoms with E-state index in [2.05, 4.69) is 17.9 Å². The first-order valence-electron chi connectivity index (χ1n) is 6.78. The third-order valence-corrected chi connectivity index (χ3v) is 2.80. The van der Waals surface area contributed by atoms with E-state index in [1.807, 2.05) is 5.59 Å². The average molecular weight is 231 g/mol. The molecule has 4 N–H and O–H groups in total. The Bertz CT molecular complexity index is 109. The molecule has 0 saturated carbocycles. The van der Waals surface area contributed by atoms with E-state index >= 15 is 0 Å². The van der Waals surface area contributed by atoms with Crippen molar-refractivity contribution >= 4 is 0 Å². The second-order valence-corrected chi connectivity index (χ2v) is 4.35. The van der Waals surface area contributed by atoms with Crippen LogP contribution in [0.4, 0.5) is 0 Å². The third kappa shape index (κ3) is 13.8. The van der Waals surface area contributed by atoms with Gasteiger partial charge in [0, 0.05) is 6.54 Å². The molecule has 0 spiro atoms. The van der Waals surface area contributed by atoms with E-state index in [9.17, 15) is 0 Å². The molecule has 0 aromatic carbocycles. The normalized spacial score (nSPS) is 10.9. The van der Waals surface area contributed by atoms with Crippen LogP contribution in [-0.2, 0) is 0 Å². The highest BCUT2D eigenvalue weighted by Gasteiger charge is 1.92. The second-order valence-electron chi connectivity index (χ2n) is 4.35. The highest BCUT2D eigenvalue weighted by molar-refractivity contribution is 4.48. The Balaban J connectivity index is 2.83. The Labute approximate surface area is 100 Å². The fraction of sp³-hybridized carbons (Fsp3) is 1.00. The summed E-state index contributed by atoms with van der Waals surface area (Å²) >= 11 is 0. The highest BCUT2D eigenvalue weighted by Crippen LogP contribution is 2.09. The van der Waals surface area contributed by atoms with Crippen LogP contribution in [0.15, 0.2) is 0 Å². The van der Waals surface area contributed by atoms with Crippen LogP contribution in [0.1, 0.15) is 71.1 Å². The zero-order chi connectivity index (χ0) is 11.9. The van der Waals surface area contributed by atoms with E-state index in [1.165, 1.54) is 57.8 Å². The van der Waals surface area contributed by atoms with Crippen LogP contribution < -0.4 is 16.5 Å². The minimum Gasteiger partial charge on any atom is -0.301 e. The fourth-order valence-electron chi connectivity index (χ4n) is 1.80. The lowest BCUT2D eigenvalue weighted by molar-refractivity contribution is 0.101. The van der Waals surface area contributed by atoms with Gasteiger partial charge >= 0.3 is 0 Å². The van der Waals surface area contributed by atoms with Crippen LogP contribution in [0, 0.1) is 0 Å². The van der Waals surface area contributed by atoms with Crippen molar-refractivity contribution in [3.63, 3.8) is 0 Å². The molecule has 0 amide bonds. The van der Waals surface area contributed by atoms with Crippen molar-refractivity contribution in [3.8, 4) is 0 Å². The standard InChI is InChI=1S/C12H29N3O/c1-2-3-4-5-6-7-8-9-10-11-12-13-14-15-16/h13-16H,2-12H2,1H3. The van der Waals surface area contributed by atoms with Crippen molar-refractivity contribution in [2.75, 3.05) is 6.54 Å². The first kappa shape index (κ1) is 15.8. The van der Waals surface area contributed by atoms with Crippen molar-refractivity contribution in [3.05, 3.63) is 0 Å². The number of unbranched alkanes of at least 4 members (excludes halogenated alkanes) is 9. The molecule has 98 valence electrons. The Hall–Kier alpha value is -0.160. The SMILES string of the molecule is CCCCCCCCCCCCNNNO. The van der Waals surface area contributed by atoms with E-state index in [4.69, 9.17) is 5.21 Å². The van der Waals surface area contributed by atoms with Gasteiger partial charge in [-0.05, 0) is 6.42 Å². The summed E-state index contributed by atoms with van der Waals surface area (Å²) in [5.74, 6) is 0. The van der Waals surface area contributed by atoms with Crippen LogP contribution >= 0.6 is 0 Å². The van der Waals surface area contributed by atoms with Gasteiger partial charge in [-0.25, -0.2) is 5.43 Å². The minimum atomic E-state index is 0.893. The van der Waals surface area contributed by atoms with E-state index in [-0.39, 0.29) is 0 Å². The number of hydrazine groups is 2. The Kier molecular flexibility index (Phi) is 14.7. The summed E-state index contributed by atoms with van der Waals surface area (Å²) in [6.07, 6.45) is 13.5. The lowest BCUT2D eigenvalue weighted by atomic mass is 10.1. The molecule has 0 rings (SSSR count). The molecule has 0 aliphatic heterocycles. The maximum absolute atomic E-state index is 8.20. The summed E-state index contributed by atoms with van der Waals surface area (Å²) in [7, 11) is 0. The molecule has 0 unspecified atom stereocenters. The Morgan fingerprint density at radius 1 is 0.750 bits per heavy atom. The maximum Gasteiger partial charge on any atom is 0.0114 e. The molecule has 4 heteroatoms. The van der Waals surface area contributed by atoms with Gasteiger partial charge in [0.2, 0.25) is 0 Å². The predicted molar refractivity (Wildman–Crippen MR) is 67.9 cm³/mol. The summed E-state index contributed by atoms with van der Waals surface area (Å²) in [5.41, 5.74) is 7.13. The second kappa shape index (κ2) is 14.8. The first-order chi connectivity index (χ1) is 7.91. The smallest absolute Gasteiger partial charge is 0.0114 e. The van der Waals surface area contributed by atoms with Crippen molar-refractivity contribution in [1.29, 1.82) is 0 Å². The van der Waals surface area contributed by atoms with Crippen molar-refractivity contribution in [1.82, 2.24) is 16.5 Å². The fourth-order valence-corrected chi connectivity index (χ4v) is 1.80. The predicted octanol–water partition coefficient (Wildman–Crippen LogP) is 2.90. The lowest BCUT2D eigenvalue weighted by Gasteiger charge is -2.04. The molecule has 16 heavy (non-hydrogen) atoms. The monoisotopic (exact) mass is 231 g/mol. The molecule has 0 aromatic rings. The topological polar surface area (TPSA) is 56.3 Å². The number of rotatable bonds is 13. The van der Waals surface area contributed by atoms with Gasteiger partial charge in [-0.1, -0.05) is 64.7 Å². The van der Waals surface area contributed by atoms with Crippen molar-refractivity contribution < 1.29 is 5.21 Å². The van der Waals surface area contributed by atoms with Crippen LogP contribution in [0.25, 0.3) is 0 Å². The van der Waals surface area contributed by atoms with Gasteiger partial charge in [0.25, 0.3) is 0 Å². The largest absolute Gasteiger partial charge is 0.301 e. The van der Waals surface area contributed by atoms with E-state index in [0.29, 0.717) is 0 Å². The quantitative estimate of drug-likeness (QED) is 0.291. The van der Waals surface area contributed by atoms with E-state index in [0.717, 1.165) is 13.0 Å². The summed E-state index contributed by atoms with van der Waals surface area (Å²) in [6.45, 7) is 3.15. The average Bonchev–Trinajstić information content (AvgIpc) is 2.31. The summed E-state index contributed by atoms with van der Waals surface area (Å²) in [4.78, 5) is 0. The summed E-state index contributed by atoms with van der Waals surface area (Å²) in [6, 6.07) is 0. The lowest BCUT2D eigenvalue weighted by Crippen LogP contribution is -2.41. The molecular formula is C12H29N3O. The number of hydrogen-bond donors (Lipinski definition) is 4. The van der Waals surface area contributed by atoms with Gasteiger partial charge < -0.3 is 5.21 Å². The molecule has 0 aromatic heterocycles. The van der Waals surface area contributed by atoms with Gasteiger partial charge in [-0.2, -0.15) is 5.53 Å². The Morgan fingerprint density at radius 2 is 1.25 bits per heavy atom. The molecule has 4 nitrogen and oxygen atoms in total. The van der Waals surface area contributed by atoms with Gasteiger partial charge in [0.05, 0.1) is 0 Å². The molecule has 0 saturated heterocycles. The van der Waals surface area contributed by atoms with Crippen LogP contribution in [0.5, 0.6) is 0 Å². The van der Waals surface area contributed by atoms with E-state index in [1.54, 1.807) is 0 Å². The molecule has 0 heterocycles. The zero-order valence-corrected chi connectivity index (χ0v) is 10.7. The molecule has 0 aliphatic rings. The molecule has 0 atom stereocenters. The van der Waals surface area contributed by atoms with Crippen LogP contribution in [-0.4, -0.2) is 11.8 Å². The van der Waals surface area contributed by atoms with Gasteiger partial charge in [0.15, 0.2) is 0 Å². The van der Waals surface area contributed by atoms with Crippen LogP contribution in [0.2, 0.25) is 0 Å². The van der Waals surface area contributed by atoms with Gasteiger partial charge in [-0.15, -0.1) is 5.59 Å². The number of hydrogen-bond acceptors (Lipinski definition) is 4. The van der Waals surface area contributed by atoms with E-state index < -0.39 is 0 Å². The summed E-state index contributed by atoms with van der Waals surface area (Å²) < 4.78 is 0. The molecule has 0 radical (unpaired) electrons. The molecule has 0 fully saturated rings. The third-order valence-electron chi connectivity index (χ3n) is 2.80. The minimum absolute atomic E-state index is 0.893. The van der Waals surface area contributed by atoms with Crippen molar-refractivity contribution in [2.24, 2.45) is 0 Å². The number of nitrogens with one attached hydrogen (secondary N) is 3. The Morgan fingerprint density at radius 3 is 1.75 bits per heavy atom. The van der Waals surface area contributed by atoms with Gasteiger partial charge in [0.1, 0.15) is 0 Å². The summed E-state index contributed by atoms with van der Waals surface area (Å²) in [5, 5.41) is 8.20.